The van der Waals surface area contributed by atoms with E-state index in [9.17, 15) is 5.11 Å². The highest BCUT2D eigenvalue weighted by molar-refractivity contribution is 5.35. The molecule has 0 amide bonds. The molecule has 0 saturated heterocycles. The monoisotopic (exact) mass is 179 g/mol. The second kappa shape index (κ2) is 4.28. The quantitative estimate of drug-likeness (QED) is 0.745. The molecule has 0 aliphatic rings. The van der Waals surface area contributed by atoms with Gasteiger partial charge in [-0.05, 0) is 43.9 Å². The third kappa shape index (κ3) is 3.07. The molecule has 2 heteroatoms. The summed E-state index contributed by atoms with van der Waals surface area (Å²) in [5, 5.41) is 9.43. The Bertz CT molecular complexity index is 281. The molecule has 0 heterocycles. The topological polar surface area (TPSA) is 46.2 Å². The molecule has 13 heavy (non-hydrogen) atoms. The van der Waals surface area contributed by atoms with Crippen molar-refractivity contribution >= 4 is 0 Å². The van der Waals surface area contributed by atoms with Crippen LogP contribution in [0.2, 0.25) is 0 Å². The van der Waals surface area contributed by atoms with Crippen molar-refractivity contribution in [1.82, 2.24) is 0 Å². The summed E-state index contributed by atoms with van der Waals surface area (Å²) in [6.45, 7) is 3.89. The van der Waals surface area contributed by atoms with Gasteiger partial charge in [0.25, 0.3) is 0 Å². The molecule has 1 aromatic carbocycles. The Morgan fingerprint density at radius 1 is 1.46 bits per heavy atom. The minimum Gasteiger partial charge on any atom is -0.508 e. The Morgan fingerprint density at radius 3 is 2.69 bits per heavy atom. The number of hydrogen-bond donors (Lipinski definition) is 2. The molecule has 0 saturated carbocycles. The normalized spacial score (nSPS) is 12.8. The predicted octanol–water partition coefficient (Wildman–Crippen LogP) is 1.98. The number of aromatic hydroxyl groups is 1. The Hall–Kier alpha value is -1.02. The van der Waals surface area contributed by atoms with Gasteiger partial charge in [-0.15, -0.1) is 0 Å². The molecular formula is C11H17NO. The van der Waals surface area contributed by atoms with Gasteiger partial charge < -0.3 is 10.8 Å². The van der Waals surface area contributed by atoms with Crippen molar-refractivity contribution in [3.63, 3.8) is 0 Å². The number of nitrogens with two attached hydrogens (primary N) is 1. The summed E-state index contributed by atoms with van der Waals surface area (Å²) in [7, 11) is 0. The summed E-state index contributed by atoms with van der Waals surface area (Å²) in [4.78, 5) is 0. The largest absolute Gasteiger partial charge is 0.508 e. The first-order valence-corrected chi connectivity index (χ1v) is 4.63. The van der Waals surface area contributed by atoms with Crippen LogP contribution in [0.5, 0.6) is 5.75 Å². The van der Waals surface area contributed by atoms with Crippen LogP contribution >= 0.6 is 0 Å². The van der Waals surface area contributed by atoms with E-state index in [0.717, 1.165) is 24.0 Å². The smallest absolute Gasteiger partial charge is 0.118 e. The molecule has 1 atom stereocenters. The number of benzene rings is 1. The van der Waals surface area contributed by atoms with E-state index in [0.29, 0.717) is 5.75 Å². The van der Waals surface area contributed by atoms with Crippen LogP contribution in [0, 0.1) is 6.92 Å². The number of rotatable bonds is 3. The van der Waals surface area contributed by atoms with Crippen LogP contribution in [-0.2, 0) is 6.42 Å². The summed E-state index contributed by atoms with van der Waals surface area (Å²) in [5.74, 6) is 0.377. The van der Waals surface area contributed by atoms with Crippen LogP contribution in [-0.4, -0.2) is 11.1 Å². The highest BCUT2D eigenvalue weighted by atomic mass is 16.3. The number of phenolic OH excluding ortho intramolecular Hbond substituents is 1. The van der Waals surface area contributed by atoms with Gasteiger partial charge in [0.2, 0.25) is 0 Å². The van der Waals surface area contributed by atoms with Gasteiger partial charge in [-0.2, -0.15) is 0 Å². The summed E-state index contributed by atoms with van der Waals surface area (Å²) in [6.07, 6.45) is 1.90. The lowest BCUT2D eigenvalue weighted by atomic mass is 10.0. The maximum atomic E-state index is 9.43. The van der Waals surface area contributed by atoms with Crippen molar-refractivity contribution in [2.75, 3.05) is 0 Å². The third-order valence-corrected chi connectivity index (χ3v) is 2.16. The van der Waals surface area contributed by atoms with Gasteiger partial charge >= 0.3 is 0 Å². The first kappa shape index (κ1) is 10.1. The van der Waals surface area contributed by atoms with Crippen LogP contribution in [0.1, 0.15) is 24.5 Å². The standard InChI is InChI=1S/C11H17NO/c1-8-3-5-10(7-11(8)13)6-4-9(2)12/h3,5,7,9,13H,4,6,12H2,1-2H3/t9-/m1/s1. The molecule has 0 bridgehead atoms. The van der Waals surface area contributed by atoms with E-state index < -0.39 is 0 Å². The SMILES string of the molecule is Cc1ccc(CC[C@@H](C)N)cc1O. The van der Waals surface area contributed by atoms with Crippen LogP contribution in [0.25, 0.3) is 0 Å². The maximum absolute atomic E-state index is 9.43. The van der Waals surface area contributed by atoms with Gasteiger partial charge in [-0.1, -0.05) is 12.1 Å². The zero-order chi connectivity index (χ0) is 9.84. The lowest BCUT2D eigenvalue weighted by Gasteiger charge is -2.06. The van der Waals surface area contributed by atoms with E-state index in [4.69, 9.17) is 5.73 Å². The summed E-state index contributed by atoms with van der Waals surface area (Å²) in [6, 6.07) is 6.02. The van der Waals surface area contributed by atoms with Gasteiger partial charge in [0.1, 0.15) is 5.75 Å². The lowest BCUT2D eigenvalue weighted by molar-refractivity contribution is 0.470. The number of phenols is 1. The van der Waals surface area contributed by atoms with Crippen molar-refractivity contribution < 1.29 is 5.11 Å². The van der Waals surface area contributed by atoms with Crippen molar-refractivity contribution in [2.24, 2.45) is 5.73 Å². The number of aryl methyl sites for hydroxylation is 2. The molecule has 0 radical (unpaired) electrons. The van der Waals surface area contributed by atoms with Crippen LogP contribution in [0.3, 0.4) is 0 Å². The van der Waals surface area contributed by atoms with E-state index in [1.54, 1.807) is 0 Å². The summed E-state index contributed by atoms with van der Waals surface area (Å²) in [5.41, 5.74) is 7.72. The minimum atomic E-state index is 0.225. The minimum absolute atomic E-state index is 0.225. The van der Waals surface area contributed by atoms with Crippen molar-refractivity contribution in [3.05, 3.63) is 29.3 Å². The molecule has 2 nitrogen and oxygen atoms in total. The second-order valence-corrected chi connectivity index (χ2v) is 3.64. The fourth-order valence-corrected chi connectivity index (χ4v) is 1.20. The molecule has 0 aromatic heterocycles. The van der Waals surface area contributed by atoms with Crippen LogP contribution in [0.4, 0.5) is 0 Å². The fraction of sp³-hybridized carbons (Fsp3) is 0.455. The average molecular weight is 179 g/mol. The summed E-state index contributed by atoms with van der Waals surface area (Å²) >= 11 is 0. The Morgan fingerprint density at radius 2 is 2.15 bits per heavy atom. The molecule has 0 unspecified atom stereocenters. The molecule has 0 fully saturated rings. The fourth-order valence-electron chi connectivity index (χ4n) is 1.20. The zero-order valence-electron chi connectivity index (χ0n) is 8.25. The Kier molecular flexibility index (Phi) is 3.32. The molecule has 0 aliphatic carbocycles. The predicted molar refractivity (Wildman–Crippen MR) is 54.8 cm³/mol. The van der Waals surface area contributed by atoms with Crippen molar-refractivity contribution in [1.29, 1.82) is 0 Å². The summed E-state index contributed by atoms with van der Waals surface area (Å²) < 4.78 is 0. The first-order chi connectivity index (χ1) is 6.09. The first-order valence-electron chi connectivity index (χ1n) is 4.63. The van der Waals surface area contributed by atoms with E-state index in [1.165, 1.54) is 0 Å². The van der Waals surface area contributed by atoms with Gasteiger partial charge in [0.05, 0.1) is 0 Å². The third-order valence-electron chi connectivity index (χ3n) is 2.16. The molecule has 3 N–H and O–H groups in total. The van der Waals surface area contributed by atoms with Gasteiger partial charge in [-0.3, -0.25) is 0 Å². The molecule has 0 spiro atoms. The molecule has 1 rings (SSSR count). The zero-order valence-corrected chi connectivity index (χ0v) is 8.25. The van der Waals surface area contributed by atoms with Crippen LogP contribution < -0.4 is 5.73 Å². The second-order valence-electron chi connectivity index (χ2n) is 3.64. The van der Waals surface area contributed by atoms with E-state index in [-0.39, 0.29) is 6.04 Å². The lowest BCUT2D eigenvalue weighted by Crippen LogP contribution is -2.15. The van der Waals surface area contributed by atoms with Gasteiger partial charge in [0.15, 0.2) is 0 Å². The van der Waals surface area contributed by atoms with E-state index in [2.05, 4.69) is 0 Å². The van der Waals surface area contributed by atoms with Crippen molar-refractivity contribution in [2.45, 2.75) is 32.7 Å². The average Bonchev–Trinajstić information content (AvgIpc) is 2.07. The Balaban J connectivity index is 2.63. The van der Waals surface area contributed by atoms with Crippen molar-refractivity contribution in [3.8, 4) is 5.75 Å². The molecule has 0 aliphatic heterocycles. The van der Waals surface area contributed by atoms with Gasteiger partial charge in [-0.25, -0.2) is 0 Å². The highest BCUT2D eigenvalue weighted by Crippen LogP contribution is 2.18. The number of hydrogen-bond acceptors (Lipinski definition) is 2. The molecule has 72 valence electrons. The van der Waals surface area contributed by atoms with E-state index in [1.807, 2.05) is 32.0 Å². The highest BCUT2D eigenvalue weighted by Gasteiger charge is 2.00. The molecule has 1 aromatic rings. The van der Waals surface area contributed by atoms with E-state index >= 15 is 0 Å². The molecular weight excluding hydrogens is 162 g/mol. The van der Waals surface area contributed by atoms with Gasteiger partial charge in [0, 0.05) is 6.04 Å². The Labute approximate surface area is 79.4 Å². The maximum Gasteiger partial charge on any atom is 0.118 e. The van der Waals surface area contributed by atoms with Crippen LogP contribution in [0.15, 0.2) is 18.2 Å².